The monoisotopic (exact) mass is 495 g/mol. The van der Waals surface area contributed by atoms with E-state index in [9.17, 15) is 5.26 Å². The third-order valence-corrected chi connectivity index (χ3v) is 21.4. The molecular formula is C27H37NSn. The molecule has 0 saturated heterocycles. The van der Waals surface area contributed by atoms with Crippen LogP contribution < -0.4 is 0 Å². The molecule has 0 aromatic heterocycles. The van der Waals surface area contributed by atoms with Gasteiger partial charge in [0.05, 0.1) is 0 Å². The van der Waals surface area contributed by atoms with Crippen LogP contribution in [0.15, 0.2) is 60.7 Å². The first-order valence-electron chi connectivity index (χ1n) is 11.4. The molecule has 0 radical (unpaired) electrons. The molecule has 0 amide bonds. The molecule has 29 heavy (non-hydrogen) atoms. The van der Waals surface area contributed by atoms with Crippen molar-refractivity contribution in [2.75, 3.05) is 0 Å². The SMILES string of the molecule is CC(C)[C@@H]1CC[C@@H](C)C[C@H]1[Sn]([CH3])([CH3])[C@H](c1ccccc1)[C@H](C#N)c1ccccc1. The van der Waals surface area contributed by atoms with E-state index in [1.54, 1.807) is 0 Å². The second-order valence-electron chi connectivity index (χ2n) is 10.2. The Balaban J connectivity index is 2.10. The maximum absolute atomic E-state index is 10.4. The molecule has 154 valence electrons. The summed E-state index contributed by atoms with van der Waals surface area (Å²) in [5.74, 6) is 2.32. The van der Waals surface area contributed by atoms with Gasteiger partial charge in [-0.1, -0.05) is 0 Å². The molecule has 5 atom stereocenters. The first kappa shape index (κ1) is 22.4. The van der Waals surface area contributed by atoms with E-state index in [1.807, 2.05) is 0 Å². The molecule has 0 heterocycles. The molecule has 1 nitrogen and oxygen atoms in total. The van der Waals surface area contributed by atoms with Crippen LogP contribution in [0, 0.1) is 29.1 Å². The van der Waals surface area contributed by atoms with E-state index in [2.05, 4.69) is 97.4 Å². The van der Waals surface area contributed by atoms with Crippen molar-refractivity contribution in [1.29, 1.82) is 5.26 Å². The number of nitrogens with zero attached hydrogens (tertiary/aromatic N) is 1. The van der Waals surface area contributed by atoms with Crippen molar-refractivity contribution < 1.29 is 0 Å². The van der Waals surface area contributed by atoms with E-state index in [4.69, 9.17) is 0 Å². The molecule has 0 spiro atoms. The summed E-state index contributed by atoms with van der Waals surface area (Å²) in [6, 6.07) is 24.3. The van der Waals surface area contributed by atoms with Gasteiger partial charge in [-0.05, 0) is 0 Å². The van der Waals surface area contributed by atoms with Crippen LogP contribution in [-0.2, 0) is 0 Å². The summed E-state index contributed by atoms with van der Waals surface area (Å²) in [7, 11) is 0. The summed E-state index contributed by atoms with van der Waals surface area (Å²) in [4.78, 5) is 5.30. The van der Waals surface area contributed by atoms with Gasteiger partial charge in [-0.25, -0.2) is 0 Å². The van der Waals surface area contributed by atoms with Crippen molar-refractivity contribution in [1.82, 2.24) is 0 Å². The predicted molar refractivity (Wildman–Crippen MR) is 127 cm³/mol. The molecule has 0 N–H and O–H groups in total. The maximum atomic E-state index is 10.4. The Hall–Kier alpha value is -1.27. The van der Waals surface area contributed by atoms with Crippen molar-refractivity contribution in [2.45, 2.75) is 63.7 Å². The molecule has 0 aliphatic heterocycles. The molecule has 0 unspecified atom stereocenters. The van der Waals surface area contributed by atoms with Crippen LogP contribution in [0.4, 0.5) is 0 Å². The second kappa shape index (κ2) is 9.69. The average molecular weight is 494 g/mol. The average Bonchev–Trinajstić information content (AvgIpc) is 2.72. The van der Waals surface area contributed by atoms with Gasteiger partial charge in [-0.15, -0.1) is 0 Å². The van der Waals surface area contributed by atoms with Crippen molar-refractivity contribution in [3.63, 3.8) is 0 Å². The van der Waals surface area contributed by atoms with Gasteiger partial charge >= 0.3 is 183 Å². The Morgan fingerprint density at radius 1 is 0.897 bits per heavy atom. The van der Waals surface area contributed by atoms with Crippen LogP contribution in [0.3, 0.4) is 0 Å². The summed E-state index contributed by atoms with van der Waals surface area (Å²) in [5, 5.41) is 10.4. The number of hydrogen-bond acceptors (Lipinski definition) is 1. The minimum absolute atomic E-state index is 0.0468. The van der Waals surface area contributed by atoms with Crippen molar-refractivity contribution in [3.8, 4) is 6.07 Å². The first-order valence-corrected chi connectivity index (χ1v) is 20.4. The number of nitriles is 1. The van der Waals surface area contributed by atoms with E-state index < -0.39 is 18.4 Å². The van der Waals surface area contributed by atoms with Gasteiger partial charge in [0.15, 0.2) is 0 Å². The van der Waals surface area contributed by atoms with Crippen LogP contribution in [0.5, 0.6) is 0 Å². The molecule has 1 saturated carbocycles. The standard InChI is InChI=1S/C15H12N.C10H19.2CH3.Sn/c16-12-15(14-9-5-2-6-10-14)11-13-7-3-1-4-8-13;1-8(2)10-6-4-9(3)5-7-10;;;/h1-11,15H;6,8-10H,4-5,7H2,1-3H3;2*1H3;/t15-;9-,10-;;;/m10.../s1. The van der Waals surface area contributed by atoms with Gasteiger partial charge in [0.25, 0.3) is 0 Å². The Labute approximate surface area is 182 Å². The normalized spacial score (nSPS) is 24.7. The fourth-order valence-corrected chi connectivity index (χ4v) is 21.1. The molecule has 1 fully saturated rings. The number of benzene rings is 2. The van der Waals surface area contributed by atoms with Crippen molar-refractivity contribution >= 4 is 18.4 Å². The Morgan fingerprint density at radius 2 is 1.45 bits per heavy atom. The van der Waals surface area contributed by atoms with Crippen molar-refractivity contribution in [2.24, 2.45) is 17.8 Å². The number of hydrogen-bond donors (Lipinski definition) is 0. The summed E-state index contributed by atoms with van der Waals surface area (Å²) < 4.78 is 1.22. The summed E-state index contributed by atoms with van der Waals surface area (Å²) in [6.07, 6.45) is 4.10. The van der Waals surface area contributed by atoms with Gasteiger partial charge < -0.3 is 0 Å². The molecule has 3 rings (SSSR count). The fourth-order valence-electron chi connectivity index (χ4n) is 6.00. The molecule has 1 aliphatic rings. The molecule has 1 aliphatic carbocycles. The predicted octanol–water partition coefficient (Wildman–Crippen LogP) is 7.79. The van der Waals surface area contributed by atoms with E-state index in [0.717, 1.165) is 21.7 Å². The molecule has 0 bridgehead atoms. The zero-order chi connectivity index (χ0) is 21.0. The quantitative estimate of drug-likeness (QED) is 0.376. The zero-order valence-corrected chi connectivity index (χ0v) is 21.7. The van der Waals surface area contributed by atoms with Gasteiger partial charge in [0.2, 0.25) is 0 Å². The van der Waals surface area contributed by atoms with Crippen LogP contribution in [0.25, 0.3) is 0 Å². The fraction of sp³-hybridized carbons (Fsp3) is 0.519. The molecule has 2 heteroatoms. The summed E-state index contributed by atoms with van der Waals surface area (Å²) in [5.41, 5.74) is 2.59. The Bertz CT molecular complexity index is 805. The zero-order valence-electron chi connectivity index (χ0n) is 18.8. The van der Waals surface area contributed by atoms with E-state index in [1.165, 1.54) is 30.4 Å². The van der Waals surface area contributed by atoms with Crippen LogP contribution in [0.1, 0.15) is 61.0 Å². The third kappa shape index (κ3) is 4.90. The van der Waals surface area contributed by atoms with Gasteiger partial charge in [-0.2, -0.15) is 0 Å². The van der Waals surface area contributed by atoms with E-state index >= 15 is 0 Å². The van der Waals surface area contributed by atoms with Crippen LogP contribution >= 0.6 is 0 Å². The van der Waals surface area contributed by atoms with Crippen LogP contribution in [0.2, 0.25) is 13.8 Å². The minimum atomic E-state index is -2.78. The van der Waals surface area contributed by atoms with E-state index in [0.29, 0.717) is 3.93 Å². The van der Waals surface area contributed by atoms with Gasteiger partial charge in [0.1, 0.15) is 0 Å². The Morgan fingerprint density at radius 3 is 1.97 bits per heavy atom. The second-order valence-corrected chi connectivity index (χ2v) is 24.4. The number of rotatable bonds is 6. The third-order valence-electron chi connectivity index (χ3n) is 7.57. The molecule has 2 aromatic rings. The topological polar surface area (TPSA) is 23.8 Å². The molecular weight excluding hydrogens is 457 g/mol. The molecule has 2 aromatic carbocycles. The van der Waals surface area contributed by atoms with Gasteiger partial charge in [0, 0.05) is 0 Å². The van der Waals surface area contributed by atoms with Crippen molar-refractivity contribution in [3.05, 3.63) is 71.8 Å². The van der Waals surface area contributed by atoms with E-state index in [-0.39, 0.29) is 5.92 Å². The Kier molecular flexibility index (Phi) is 7.49. The van der Waals surface area contributed by atoms with Crippen LogP contribution in [-0.4, -0.2) is 18.4 Å². The van der Waals surface area contributed by atoms with Gasteiger partial charge in [-0.3, -0.25) is 0 Å². The first-order chi connectivity index (χ1) is 13.9. The summed E-state index contributed by atoms with van der Waals surface area (Å²) in [6.45, 7) is 7.29. The summed E-state index contributed by atoms with van der Waals surface area (Å²) >= 11 is -2.78.